The molecule has 10 heteroatoms. The molecule has 1 fully saturated rings. The van der Waals surface area contributed by atoms with E-state index in [0.717, 1.165) is 21.3 Å². The van der Waals surface area contributed by atoms with E-state index in [2.05, 4.69) is 13.0 Å². The minimum Gasteiger partial charge on any atom is -0.467 e. The quantitative estimate of drug-likeness (QED) is 0.307. The number of fused-ring (bicyclic) bond motifs is 1. The normalized spacial score (nSPS) is 16.9. The predicted molar refractivity (Wildman–Crippen MR) is 142 cm³/mol. The first kappa shape index (κ1) is 25.0. The van der Waals surface area contributed by atoms with Crippen LogP contribution in [0.2, 0.25) is 5.02 Å². The molecule has 0 radical (unpaired) electrons. The van der Waals surface area contributed by atoms with Crippen LogP contribution in [0.3, 0.4) is 0 Å². The number of carbonyl (C=O) groups is 1. The molecule has 1 unspecified atom stereocenters. The fourth-order valence-corrected chi connectivity index (χ4v) is 7.12. The number of hydrogen-bond acceptors (Lipinski definition) is 6. The summed E-state index contributed by atoms with van der Waals surface area (Å²) in [5.74, 6) is -0.0161. The number of halogens is 1. The molecule has 2 aromatic heterocycles. The fraction of sp³-hybridized carbons (Fsp3) is 0.308. The second-order valence-corrected chi connectivity index (χ2v) is 12.4. The van der Waals surface area contributed by atoms with Gasteiger partial charge in [-0.1, -0.05) is 22.9 Å². The van der Waals surface area contributed by atoms with Crippen molar-refractivity contribution in [3.63, 3.8) is 0 Å². The van der Waals surface area contributed by atoms with Gasteiger partial charge in [0.25, 0.3) is 0 Å². The first-order valence-corrected chi connectivity index (χ1v) is 14.3. The van der Waals surface area contributed by atoms with Crippen molar-refractivity contribution in [3.8, 4) is 0 Å². The number of aryl methyl sites for hydroxylation is 2. The summed E-state index contributed by atoms with van der Waals surface area (Å²) in [4.78, 5) is 20.5. The molecule has 0 N–H and O–H groups in total. The Labute approximate surface area is 219 Å². The van der Waals surface area contributed by atoms with Gasteiger partial charge in [0, 0.05) is 18.1 Å². The highest BCUT2D eigenvalue weighted by Crippen LogP contribution is 2.34. The van der Waals surface area contributed by atoms with E-state index < -0.39 is 15.9 Å². The zero-order valence-corrected chi connectivity index (χ0v) is 22.4. The Balaban J connectivity index is 1.45. The van der Waals surface area contributed by atoms with E-state index in [4.69, 9.17) is 21.0 Å². The van der Waals surface area contributed by atoms with Crippen LogP contribution in [0.15, 0.2) is 64.1 Å². The van der Waals surface area contributed by atoms with Crippen molar-refractivity contribution in [1.29, 1.82) is 0 Å². The number of aromatic nitrogens is 1. The number of piperidine rings is 1. The lowest BCUT2D eigenvalue weighted by atomic mass is 9.98. The van der Waals surface area contributed by atoms with Crippen LogP contribution < -0.4 is 4.90 Å². The van der Waals surface area contributed by atoms with Crippen LogP contribution in [-0.4, -0.2) is 36.7 Å². The molecule has 3 heterocycles. The van der Waals surface area contributed by atoms with Crippen LogP contribution in [0.4, 0.5) is 5.13 Å². The van der Waals surface area contributed by atoms with Crippen molar-refractivity contribution >= 4 is 54.2 Å². The van der Waals surface area contributed by atoms with Crippen LogP contribution in [0.25, 0.3) is 10.2 Å². The van der Waals surface area contributed by atoms with Crippen LogP contribution in [0, 0.1) is 19.8 Å². The molecule has 36 heavy (non-hydrogen) atoms. The topological polar surface area (TPSA) is 83.7 Å². The molecule has 0 saturated carbocycles. The zero-order chi connectivity index (χ0) is 25.4. The molecule has 1 atom stereocenters. The van der Waals surface area contributed by atoms with E-state index in [0.29, 0.717) is 35.3 Å². The van der Waals surface area contributed by atoms with Gasteiger partial charge in [0.05, 0.1) is 33.8 Å². The molecule has 4 aromatic rings. The van der Waals surface area contributed by atoms with Gasteiger partial charge in [-0.3, -0.25) is 9.69 Å². The highest BCUT2D eigenvalue weighted by molar-refractivity contribution is 7.89. The number of sulfonamides is 1. The summed E-state index contributed by atoms with van der Waals surface area (Å²) in [7, 11) is -3.74. The predicted octanol–water partition coefficient (Wildman–Crippen LogP) is 5.79. The third-order valence-corrected chi connectivity index (χ3v) is 9.74. The molecule has 2 aromatic carbocycles. The Morgan fingerprint density at radius 3 is 2.67 bits per heavy atom. The van der Waals surface area contributed by atoms with E-state index in [1.165, 1.54) is 27.8 Å². The summed E-state index contributed by atoms with van der Waals surface area (Å²) in [5.41, 5.74) is 3.14. The summed E-state index contributed by atoms with van der Waals surface area (Å²) >= 11 is 7.39. The van der Waals surface area contributed by atoms with Gasteiger partial charge in [0.2, 0.25) is 15.9 Å². The number of hydrogen-bond donors (Lipinski definition) is 0. The maximum atomic E-state index is 13.9. The van der Waals surface area contributed by atoms with Crippen LogP contribution in [0.5, 0.6) is 0 Å². The third kappa shape index (κ3) is 4.93. The van der Waals surface area contributed by atoms with Gasteiger partial charge in [0.15, 0.2) is 5.13 Å². The van der Waals surface area contributed by atoms with Crippen LogP contribution in [-0.2, 0) is 21.4 Å². The molecule has 0 bridgehead atoms. The van der Waals surface area contributed by atoms with Crippen molar-refractivity contribution in [2.45, 2.75) is 38.1 Å². The van der Waals surface area contributed by atoms with Gasteiger partial charge in [-0.05, 0) is 86.3 Å². The molecule has 7 nitrogen and oxygen atoms in total. The van der Waals surface area contributed by atoms with Crippen molar-refractivity contribution in [2.24, 2.45) is 5.92 Å². The minimum absolute atomic E-state index is 0.113. The maximum absolute atomic E-state index is 13.9. The number of carbonyl (C=O) groups excluding carboxylic acids is 1. The zero-order valence-electron chi connectivity index (χ0n) is 20.0. The summed E-state index contributed by atoms with van der Waals surface area (Å²) < 4.78 is 34.5. The lowest BCUT2D eigenvalue weighted by Crippen LogP contribution is -2.46. The summed E-state index contributed by atoms with van der Waals surface area (Å²) in [6.07, 6.45) is 2.77. The van der Waals surface area contributed by atoms with Crippen molar-refractivity contribution < 1.29 is 17.6 Å². The lowest BCUT2D eigenvalue weighted by Gasteiger charge is -2.33. The molecule has 1 amide bonds. The third-order valence-electron chi connectivity index (χ3n) is 6.57. The Bertz CT molecular complexity index is 1460. The average molecular weight is 544 g/mol. The second-order valence-electron chi connectivity index (χ2n) is 9.06. The SMILES string of the molecule is Cc1cc2nc(N(Cc3ccco3)C(=O)C3CCCN(S(=O)(=O)c4ccc(Cl)cc4)C3)sc2cc1C. The van der Waals surface area contributed by atoms with E-state index in [1.54, 1.807) is 29.4 Å². The van der Waals surface area contributed by atoms with E-state index in [9.17, 15) is 13.2 Å². The molecule has 1 aliphatic heterocycles. The number of rotatable bonds is 6. The number of nitrogens with zero attached hydrogens (tertiary/aromatic N) is 3. The number of amides is 1. The largest absolute Gasteiger partial charge is 0.467 e. The average Bonchev–Trinajstić information content (AvgIpc) is 3.52. The van der Waals surface area contributed by atoms with E-state index in [-0.39, 0.29) is 23.9 Å². The smallest absolute Gasteiger partial charge is 0.243 e. The van der Waals surface area contributed by atoms with Crippen molar-refractivity contribution in [1.82, 2.24) is 9.29 Å². The molecule has 188 valence electrons. The Morgan fingerprint density at radius 2 is 1.94 bits per heavy atom. The van der Waals surface area contributed by atoms with E-state index in [1.807, 2.05) is 19.1 Å². The first-order chi connectivity index (χ1) is 17.2. The van der Waals surface area contributed by atoms with Crippen molar-refractivity contribution in [2.75, 3.05) is 18.0 Å². The molecule has 0 spiro atoms. The summed E-state index contributed by atoms with van der Waals surface area (Å²) in [5, 5.41) is 1.05. The molecule has 1 saturated heterocycles. The highest BCUT2D eigenvalue weighted by atomic mass is 35.5. The number of benzene rings is 2. The van der Waals surface area contributed by atoms with E-state index >= 15 is 0 Å². The lowest BCUT2D eigenvalue weighted by molar-refractivity contribution is -0.123. The molecular weight excluding hydrogens is 518 g/mol. The summed E-state index contributed by atoms with van der Waals surface area (Å²) in [6.45, 7) is 4.80. The molecule has 5 rings (SSSR count). The van der Waals surface area contributed by atoms with Crippen LogP contribution >= 0.6 is 22.9 Å². The van der Waals surface area contributed by atoms with Gasteiger partial charge in [-0.15, -0.1) is 0 Å². The molecule has 0 aliphatic carbocycles. The maximum Gasteiger partial charge on any atom is 0.243 e. The van der Waals surface area contributed by atoms with Gasteiger partial charge >= 0.3 is 0 Å². The Hall–Kier alpha value is -2.72. The number of thiazole rings is 1. The monoisotopic (exact) mass is 543 g/mol. The first-order valence-electron chi connectivity index (χ1n) is 11.7. The van der Waals surface area contributed by atoms with Gasteiger partial charge in [-0.25, -0.2) is 13.4 Å². The van der Waals surface area contributed by atoms with Gasteiger partial charge < -0.3 is 4.42 Å². The molecule has 1 aliphatic rings. The fourth-order valence-electron chi connectivity index (χ4n) is 4.42. The highest BCUT2D eigenvalue weighted by Gasteiger charge is 2.36. The Kier molecular flexibility index (Phi) is 6.91. The van der Waals surface area contributed by atoms with Crippen LogP contribution in [0.1, 0.15) is 29.7 Å². The summed E-state index contributed by atoms with van der Waals surface area (Å²) in [6, 6.07) is 13.8. The van der Waals surface area contributed by atoms with Crippen molar-refractivity contribution in [3.05, 3.63) is 76.7 Å². The number of furan rings is 1. The minimum atomic E-state index is -3.74. The number of anilines is 1. The van der Waals surface area contributed by atoms with Gasteiger partial charge in [-0.2, -0.15) is 4.31 Å². The van der Waals surface area contributed by atoms with Gasteiger partial charge in [0.1, 0.15) is 5.76 Å². The molecular formula is C26H26ClN3O4S2. The Morgan fingerprint density at radius 1 is 1.19 bits per heavy atom. The standard InChI is InChI=1S/C26H26ClN3O4S2/c1-17-13-23-24(14-18(17)2)35-26(28-23)30(16-21-6-4-12-34-21)25(31)19-5-3-11-29(15-19)36(32,33)22-9-7-20(27)8-10-22/h4,6-10,12-14,19H,3,5,11,15-16H2,1-2H3. The second kappa shape index (κ2) is 9.97.